The van der Waals surface area contributed by atoms with Gasteiger partial charge in [-0.05, 0) is 18.9 Å². The number of carbonyl (C=O) groups is 2. The Bertz CT molecular complexity index is 726. The fraction of sp³-hybridized carbons (Fsp3) is 0.357. The predicted molar refractivity (Wildman–Crippen MR) is 80.2 cm³/mol. The van der Waals surface area contributed by atoms with Crippen LogP contribution in [0.15, 0.2) is 18.5 Å². The minimum Gasteiger partial charge on any atom is -0.481 e. The first-order valence-electron chi connectivity index (χ1n) is 7.06. The molecule has 3 heterocycles. The maximum atomic E-state index is 11.6. The van der Waals surface area contributed by atoms with Gasteiger partial charge in [0.2, 0.25) is 0 Å². The summed E-state index contributed by atoms with van der Waals surface area (Å²) in [5.41, 5.74) is 10.0. The van der Waals surface area contributed by atoms with Crippen molar-refractivity contribution in [3.05, 3.63) is 24.0 Å². The summed E-state index contributed by atoms with van der Waals surface area (Å²) >= 11 is 0. The molecular weight excluding hydrogens is 286 g/mol. The second-order valence-corrected chi connectivity index (χ2v) is 5.39. The molecule has 2 aromatic rings. The van der Waals surface area contributed by atoms with E-state index in [9.17, 15) is 9.59 Å². The van der Waals surface area contributed by atoms with Gasteiger partial charge < -0.3 is 21.2 Å². The van der Waals surface area contributed by atoms with Gasteiger partial charge in [0.15, 0.2) is 0 Å². The van der Waals surface area contributed by atoms with Gasteiger partial charge in [0, 0.05) is 30.9 Å². The lowest BCUT2D eigenvalue weighted by molar-refractivity contribution is -0.143. The molecule has 0 unspecified atom stereocenters. The van der Waals surface area contributed by atoms with Gasteiger partial charge in [0.05, 0.1) is 17.2 Å². The molecule has 0 aromatic carbocycles. The van der Waals surface area contributed by atoms with Crippen molar-refractivity contribution in [3.63, 3.8) is 0 Å². The lowest BCUT2D eigenvalue weighted by atomic mass is 9.99. The Hall–Kier alpha value is -2.61. The number of carboxylic acids is 1. The number of aliphatic carboxylic acids is 1. The third-order valence-electron chi connectivity index (χ3n) is 3.89. The molecule has 5 N–H and O–H groups in total. The summed E-state index contributed by atoms with van der Waals surface area (Å²) in [5.74, 6) is -1.80. The highest BCUT2D eigenvalue weighted by molar-refractivity contribution is 6.05. The number of hydrogen-bond donors (Lipinski definition) is 4. The van der Waals surface area contributed by atoms with Crippen LogP contribution in [0, 0.1) is 5.92 Å². The quantitative estimate of drug-likeness (QED) is 0.662. The highest BCUT2D eigenvalue weighted by Crippen LogP contribution is 2.27. The molecule has 8 nitrogen and oxygen atoms in total. The van der Waals surface area contributed by atoms with Crippen LogP contribution in [0.4, 0.5) is 5.69 Å². The molecule has 0 saturated carbocycles. The zero-order chi connectivity index (χ0) is 15.7. The highest BCUT2D eigenvalue weighted by Gasteiger charge is 2.26. The van der Waals surface area contributed by atoms with E-state index in [0.29, 0.717) is 30.8 Å². The second-order valence-electron chi connectivity index (χ2n) is 5.39. The van der Waals surface area contributed by atoms with Crippen molar-refractivity contribution in [1.82, 2.24) is 15.0 Å². The Balaban J connectivity index is 1.92. The third kappa shape index (κ3) is 2.60. The average molecular weight is 303 g/mol. The number of nitrogens with one attached hydrogen (secondary N) is 2. The number of primary amides is 1. The topological polar surface area (TPSA) is 124 Å². The van der Waals surface area contributed by atoms with Crippen LogP contribution in [0.3, 0.4) is 0 Å². The molecule has 0 radical (unpaired) electrons. The molecule has 22 heavy (non-hydrogen) atoms. The number of carboxylic acid groups (broad SMARTS) is 1. The van der Waals surface area contributed by atoms with E-state index >= 15 is 0 Å². The number of anilines is 1. The van der Waals surface area contributed by atoms with E-state index in [0.717, 1.165) is 11.8 Å². The van der Waals surface area contributed by atoms with Crippen LogP contribution < -0.4 is 11.2 Å². The number of nitrogens with two attached hydrogens (primary N) is 1. The monoisotopic (exact) mass is 303 g/mol. The number of hydrazine groups is 1. The van der Waals surface area contributed by atoms with Crippen molar-refractivity contribution in [3.8, 4) is 0 Å². The van der Waals surface area contributed by atoms with Crippen LogP contribution in [-0.4, -0.2) is 45.0 Å². The largest absolute Gasteiger partial charge is 0.481 e. The van der Waals surface area contributed by atoms with Gasteiger partial charge in [-0.15, -0.1) is 0 Å². The summed E-state index contributed by atoms with van der Waals surface area (Å²) in [6.45, 7) is 1.08. The lowest BCUT2D eigenvalue weighted by Gasteiger charge is -2.32. The van der Waals surface area contributed by atoms with Crippen molar-refractivity contribution >= 4 is 28.6 Å². The van der Waals surface area contributed by atoms with Crippen molar-refractivity contribution in [2.45, 2.75) is 12.8 Å². The standard InChI is InChI=1S/C14H17N5O3/c15-12(20)10-6-17-13-9(3-4-16-13)11(10)18-19-5-1-2-8(7-19)14(21)22/h3-4,6,8H,1-2,5,7H2,(H2,15,20)(H,21,22)(H2,16,17,18)/t8-/m0/s1. The van der Waals surface area contributed by atoms with E-state index in [1.807, 2.05) is 5.01 Å². The number of aromatic amines is 1. The number of carbonyl (C=O) groups excluding carboxylic acids is 1. The van der Waals surface area contributed by atoms with E-state index in [1.54, 1.807) is 12.3 Å². The van der Waals surface area contributed by atoms with Crippen molar-refractivity contribution in [2.24, 2.45) is 11.7 Å². The molecule has 1 aliphatic rings. The third-order valence-corrected chi connectivity index (χ3v) is 3.89. The minimum absolute atomic E-state index is 0.282. The van der Waals surface area contributed by atoms with Crippen LogP contribution in [-0.2, 0) is 4.79 Å². The summed E-state index contributed by atoms with van der Waals surface area (Å²) in [6, 6.07) is 1.80. The molecule has 3 rings (SSSR count). The first-order valence-corrected chi connectivity index (χ1v) is 7.06. The number of H-pyrrole nitrogens is 1. The minimum atomic E-state index is -0.803. The van der Waals surface area contributed by atoms with E-state index in [-0.39, 0.29) is 5.56 Å². The normalized spacial score (nSPS) is 19.2. The maximum Gasteiger partial charge on any atom is 0.307 e. The van der Waals surface area contributed by atoms with Crippen LogP contribution >= 0.6 is 0 Å². The van der Waals surface area contributed by atoms with Crippen LogP contribution in [0.25, 0.3) is 11.0 Å². The lowest BCUT2D eigenvalue weighted by Crippen LogP contribution is -2.42. The van der Waals surface area contributed by atoms with E-state index < -0.39 is 17.8 Å². The molecule has 0 spiro atoms. The van der Waals surface area contributed by atoms with Crippen LogP contribution in [0.5, 0.6) is 0 Å². The van der Waals surface area contributed by atoms with Gasteiger partial charge in [-0.2, -0.15) is 0 Å². The Morgan fingerprint density at radius 2 is 2.32 bits per heavy atom. The summed E-state index contributed by atoms with van der Waals surface area (Å²) in [6.07, 6.45) is 4.58. The van der Waals surface area contributed by atoms with Gasteiger partial charge in [-0.25, -0.2) is 9.99 Å². The summed E-state index contributed by atoms with van der Waals surface area (Å²) in [7, 11) is 0. The summed E-state index contributed by atoms with van der Waals surface area (Å²) in [4.78, 5) is 29.9. The molecule has 0 aliphatic carbocycles. The fourth-order valence-corrected chi connectivity index (χ4v) is 2.75. The van der Waals surface area contributed by atoms with Crippen molar-refractivity contribution < 1.29 is 14.7 Å². The van der Waals surface area contributed by atoms with E-state index in [4.69, 9.17) is 10.8 Å². The molecular formula is C14H17N5O3. The SMILES string of the molecule is NC(=O)c1cnc2[nH]ccc2c1NN1CCC[C@H](C(=O)O)C1. The number of aromatic nitrogens is 2. The molecule has 1 amide bonds. The summed E-state index contributed by atoms with van der Waals surface area (Å²) < 4.78 is 0. The molecule has 116 valence electrons. The van der Waals surface area contributed by atoms with Crippen LogP contribution in [0.1, 0.15) is 23.2 Å². The smallest absolute Gasteiger partial charge is 0.307 e. The zero-order valence-electron chi connectivity index (χ0n) is 11.9. The molecule has 1 aliphatic heterocycles. The van der Waals surface area contributed by atoms with Gasteiger partial charge in [-0.1, -0.05) is 0 Å². The number of fused-ring (bicyclic) bond motifs is 1. The van der Waals surface area contributed by atoms with Gasteiger partial charge in [0.1, 0.15) is 5.65 Å². The van der Waals surface area contributed by atoms with Crippen molar-refractivity contribution in [1.29, 1.82) is 0 Å². The van der Waals surface area contributed by atoms with Gasteiger partial charge in [0.25, 0.3) is 5.91 Å². The Kier molecular flexibility index (Phi) is 3.68. The number of pyridine rings is 1. The van der Waals surface area contributed by atoms with Crippen molar-refractivity contribution in [2.75, 3.05) is 18.5 Å². The predicted octanol–water partition coefficient (Wildman–Crippen LogP) is 0.785. The molecule has 1 saturated heterocycles. The first kappa shape index (κ1) is 14.3. The molecule has 8 heteroatoms. The van der Waals surface area contributed by atoms with Gasteiger partial charge >= 0.3 is 5.97 Å². The fourth-order valence-electron chi connectivity index (χ4n) is 2.75. The van der Waals surface area contributed by atoms with E-state index in [1.165, 1.54) is 6.20 Å². The Labute approximate surface area is 126 Å². The maximum absolute atomic E-state index is 11.6. The highest BCUT2D eigenvalue weighted by atomic mass is 16.4. The molecule has 1 fully saturated rings. The molecule has 1 atom stereocenters. The number of piperidine rings is 1. The van der Waals surface area contributed by atoms with E-state index in [2.05, 4.69) is 15.4 Å². The number of hydrogen-bond acceptors (Lipinski definition) is 5. The molecule has 2 aromatic heterocycles. The molecule has 0 bridgehead atoms. The second kappa shape index (κ2) is 5.64. The Morgan fingerprint density at radius 1 is 1.50 bits per heavy atom. The van der Waals surface area contributed by atoms with Crippen LogP contribution in [0.2, 0.25) is 0 Å². The average Bonchev–Trinajstić information content (AvgIpc) is 2.96. The number of nitrogens with zero attached hydrogens (tertiary/aromatic N) is 2. The number of rotatable bonds is 4. The first-order chi connectivity index (χ1) is 10.6. The Morgan fingerprint density at radius 3 is 3.05 bits per heavy atom. The summed E-state index contributed by atoms with van der Waals surface area (Å²) in [5, 5.41) is 11.7. The zero-order valence-corrected chi connectivity index (χ0v) is 11.9. The number of amides is 1. The van der Waals surface area contributed by atoms with Gasteiger partial charge in [-0.3, -0.25) is 9.59 Å².